The summed E-state index contributed by atoms with van der Waals surface area (Å²) in [6.07, 6.45) is 2.27. The number of rotatable bonds is 7. The minimum Gasteiger partial charge on any atom is -0.303 e. The molecule has 2 aromatic rings. The fourth-order valence-electron chi connectivity index (χ4n) is 3.64. The number of halogens is 1. The second-order valence-corrected chi connectivity index (χ2v) is 9.09. The van der Waals surface area contributed by atoms with Crippen LogP contribution in [0.4, 0.5) is 10.1 Å². The molecule has 150 valence electrons. The minimum atomic E-state index is -4.00. The Bertz CT molecular complexity index is 955. The van der Waals surface area contributed by atoms with Crippen LogP contribution in [0.25, 0.3) is 5.57 Å². The molecule has 1 N–H and O–H groups in total. The first kappa shape index (κ1) is 20.6. The van der Waals surface area contributed by atoms with Crippen molar-refractivity contribution in [2.45, 2.75) is 37.5 Å². The van der Waals surface area contributed by atoms with Crippen LogP contribution in [0.1, 0.15) is 43.7 Å². The number of benzene rings is 2. The van der Waals surface area contributed by atoms with E-state index in [1.807, 2.05) is 12.1 Å². The number of hydrogen-bond donors (Lipinski definition) is 1. The van der Waals surface area contributed by atoms with Crippen LogP contribution in [-0.2, 0) is 10.0 Å². The molecule has 0 aliphatic carbocycles. The van der Waals surface area contributed by atoms with E-state index in [0.29, 0.717) is 22.7 Å². The van der Waals surface area contributed by atoms with Gasteiger partial charge in [-0.3, -0.25) is 4.72 Å². The Balaban J connectivity index is 1.72. The molecule has 0 radical (unpaired) electrons. The summed E-state index contributed by atoms with van der Waals surface area (Å²) in [6, 6.07) is 11.4. The zero-order valence-corrected chi connectivity index (χ0v) is 17.2. The number of hydrogen-bond acceptors (Lipinski definition) is 3. The number of allylic oxidation sites excluding steroid dienone is 1. The van der Waals surface area contributed by atoms with Crippen molar-refractivity contribution in [3.05, 3.63) is 66.0 Å². The van der Waals surface area contributed by atoms with E-state index in [1.165, 1.54) is 17.7 Å². The van der Waals surface area contributed by atoms with Crippen molar-refractivity contribution in [1.29, 1.82) is 0 Å². The van der Waals surface area contributed by atoms with Gasteiger partial charge in [0.2, 0.25) is 0 Å². The lowest BCUT2D eigenvalue weighted by atomic mass is 9.98. The highest BCUT2D eigenvalue weighted by Crippen LogP contribution is 2.29. The predicted octanol–water partition coefficient (Wildman–Crippen LogP) is 4.86. The lowest BCUT2D eigenvalue weighted by Gasteiger charge is -2.15. The number of nitrogens with zero attached hydrogens (tertiary/aromatic N) is 1. The molecule has 4 nitrogen and oxygen atoms in total. The van der Waals surface area contributed by atoms with E-state index in [4.69, 9.17) is 0 Å². The summed E-state index contributed by atoms with van der Waals surface area (Å²) in [7, 11) is -4.00. The standard InChI is InChI=1S/C22H27FN2O2S/c1-4-12-25-13-11-19(15-25)17-5-8-20(9-6-17)24-28(26,27)22-10-7-18(16(2)3)14-21(22)23/h5-10,14,19,24H,2,4,11-13,15H2,1,3H3. The van der Waals surface area contributed by atoms with E-state index >= 15 is 0 Å². The molecular weight excluding hydrogens is 375 g/mol. The molecular formula is C22H27FN2O2S. The molecule has 1 saturated heterocycles. The predicted molar refractivity (Wildman–Crippen MR) is 112 cm³/mol. The number of sulfonamides is 1. The van der Waals surface area contributed by atoms with Crippen molar-refractivity contribution >= 4 is 21.3 Å². The third kappa shape index (κ3) is 4.62. The van der Waals surface area contributed by atoms with Gasteiger partial charge in [0.15, 0.2) is 0 Å². The molecule has 0 saturated carbocycles. The highest BCUT2D eigenvalue weighted by Gasteiger charge is 2.23. The Morgan fingerprint density at radius 2 is 1.96 bits per heavy atom. The molecule has 28 heavy (non-hydrogen) atoms. The van der Waals surface area contributed by atoms with Gasteiger partial charge >= 0.3 is 0 Å². The van der Waals surface area contributed by atoms with Gasteiger partial charge in [0.1, 0.15) is 10.7 Å². The van der Waals surface area contributed by atoms with Gasteiger partial charge in [-0.15, -0.1) is 0 Å². The normalized spacial score (nSPS) is 17.6. The van der Waals surface area contributed by atoms with Gasteiger partial charge in [0, 0.05) is 12.2 Å². The van der Waals surface area contributed by atoms with Gasteiger partial charge < -0.3 is 4.90 Å². The zero-order chi connectivity index (χ0) is 20.3. The van der Waals surface area contributed by atoms with Crippen LogP contribution >= 0.6 is 0 Å². The smallest absolute Gasteiger partial charge is 0.264 e. The van der Waals surface area contributed by atoms with Gasteiger partial charge in [0.25, 0.3) is 10.0 Å². The first-order valence-electron chi connectivity index (χ1n) is 9.60. The highest BCUT2D eigenvalue weighted by atomic mass is 32.2. The average Bonchev–Trinajstić information content (AvgIpc) is 3.10. The Hall–Kier alpha value is -2.18. The summed E-state index contributed by atoms with van der Waals surface area (Å²) in [4.78, 5) is 2.09. The first-order chi connectivity index (χ1) is 13.3. The molecule has 1 aliphatic heterocycles. The van der Waals surface area contributed by atoms with Crippen molar-refractivity contribution in [3.8, 4) is 0 Å². The van der Waals surface area contributed by atoms with Crippen molar-refractivity contribution in [2.24, 2.45) is 0 Å². The molecule has 3 rings (SSSR count). The fraction of sp³-hybridized carbons (Fsp3) is 0.364. The van der Waals surface area contributed by atoms with Crippen LogP contribution in [0.3, 0.4) is 0 Å². The van der Waals surface area contributed by atoms with Crippen molar-refractivity contribution < 1.29 is 12.8 Å². The Kier molecular flexibility index (Phi) is 6.20. The largest absolute Gasteiger partial charge is 0.303 e. The maximum absolute atomic E-state index is 14.3. The summed E-state index contributed by atoms with van der Waals surface area (Å²) in [5, 5.41) is 0. The van der Waals surface area contributed by atoms with Crippen LogP contribution in [0.5, 0.6) is 0 Å². The fourth-order valence-corrected chi connectivity index (χ4v) is 4.76. The van der Waals surface area contributed by atoms with E-state index in [2.05, 4.69) is 23.1 Å². The zero-order valence-electron chi connectivity index (χ0n) is 16.4. The van der Waals surface area contributed by atoms with E-state index in [0.717, 1.165) is 32.5 Å². The summed E-state index contributed by atoms with van der Waals surface area (Å²) in [5.74, 6) is -0.309. The average molecular weight is 403 g/mol. The van der Waals surface area contributed by atoms with Gasteiger partial charge in [-0.25, -0.2) is 12.8 Å². The monoisotopic (exact) mass is 402 g/mol. The van der Waals surface area contributed by atoms with Crippen LogP contribution in [0, 0.1) is 5.82 Å². The highest BCUT2D eigenvalue weighted by molar-refractivity contribution is 7.92. The summed E-state index contributed by atoms with van der Waals surface area (Å²) >= 11 is 0. The SMILES string of the molecule is C=C(C)c1ccc(S(=O)(=O)Nc2ccc(C3CCN(CCC)C3)cc2)c(F)c1. The van der Waals surface area contributed by atoms with Gasteiger partial charge in [-0.1, -0.05) is 37.3 Å². The second kappa shape index (κ2) is 8.45. The molecule has 1 unspecified atom stereocenters. The molecule has 6 heteroatoms. The molecule has 0 bridgehead atoms. The number of anilines is 1. The molecule has 1 aliphatic rings. The molecule has 2 aromatic carbocycles. The minimum absolute atomic E-state index is 0.368. The molecule has 1 atom stereocenters. The molecule has 1 fully saturated rings. The maximum atomic E-state index is 14.3. The van der Waals surface area contributed by atoms with E-state index in [-0.39, 0.29) is 4.90 Å². The lowest BCUT2D eigenvalue weighted by molar-refractivity contribution is 0.335. The molecule has 0 aromatic heterocycles. The van der Waals surface area contributed by atoms with Crippen molar-refractivity contribution in [3.63, 3.8) is 0 Å². The Labute approximate surface area is 167 Å². The van der Waals surface area contributed by atoms with Crippen molar-refractivity contribution in [2.75, 3.05) is 24.4 Å². The van der Waals surface area contributed by atoms with Gasteiger partial charge in [-0.05, 0) is 74.2 Å². The second-order valence-electron chi connectivity index (χ2n) is 7.44. The number of nitrogens with one attached hydrogen (secondary N) is 1. The van der Waals surface area contributed by atoms with Crippen molar-refractivity contribution in [1.82, 2.24) is 4.90 Å². The topological polar surface area (TPSA) is 49.4 Å². The third-order valence-electron chi connectivity index (χ3n) is 5.16. The molecule has 1 heterocycles. The van der Waals surface area contributed by atoms with Gasteiger partial charge in [0.05, 0.1) is 0 Å². The van der Waals surface area contributed by atoms with Crippen LogP contribution in [-0.4, -0.2) is 33.0 Å². The molecule has 0 spiro atoms. The third-order valence-corrected chi connectivity index (χ3v) is 6.58. The van der Waals surface area contributed by atoms with Crippen LogP contribution in [0.2, 0.25) is 0 Å². The first-order valence-corrected chi connectivity index (χ1v) is 11.1. The van der Waals surface area contributed by atoms with E-state index in [1.54, 1.807) is 25.1 Å². The van der Waals surface area contributed by atoms with E-state index in [9.17, 15) is 12.8 Å². The lowest BCUT2D eigenvalue weighted by Crippen LogP contribution is -2.20. The molecule has 0 amide bonds. The van der Waals surface area contributed by atoms with Gasteiger partial charge in [-0.2, -0.15) is 0 Å². The van der Waals surface area contributed by atoms with Crippen LogP contribution in [0.15, 0.2) is 53.9 Å². The maximum Gasteiger partial charge on any atom is 0.264 e. The number of likely N-dealkylation sites (tertiary alicyclic amines) is 1. The summed E-state index contributed by atoms with van der Waals surface area (Å²) < 4.78 is 41.9. The summed E-state index contributed by atoms with van der Waals surface area (Å²) in [5.41, 5.74) is 2.89. The van der Waals surface area contributed by atoms with Crippen LogP contribution < -0.4 is 4.72 Å². The quantitative estimate of drug-likeness (QED) is 0.720. The Morgan fingerprint density at radius 1 is 1.25 bits per heavy atom. The summed E-state index contributed by atoms with van der Waals surface area (Å²) in [6.45, 7) is 10.9. The Morgan fingerprint density at radius 3 is 2.57 bits per heavy atom. The van der Waals surface area contributed by atoms with E-state index < -0.39 is 15.8 Å².